The number of ether oxygens (including phenoxy) is 1. The molecule has 7 nitrogen and oxygen atoms in total. The number of fused-ring (bicyclic) bond motifs is 1. The molecule has 0 aliphatic carbocycles. The van der Waals surface area contributed by atoms with E-state index in [9.17, 15) is 9.59 Å². The van der Waals surface area contributed by atoms with E-state index in [1.54, 1.807) is 6.07 Å². The molecule has 0 spiro atoms. The Morgan fingerprint density at radius 3 is 2.45 bits per heavy atom. The maximum atomic E-state index is 13.4. The van der Waals surface area contributed by atoms with E-state index in [1.165, 1.54) is 5.56 Å². The number of benzene rings is 4. The Labute approximate surface area is 248 Å². The number of amides is 3. The number of anilines is 3. The molecule has 1 fully saturated rings. The summed E-state index contributed by atoms with van der Waals surface area (Å²) in [5, 5.41) is 11.0. The predicted octanol–water partition coefficient (Wildman–Crippen LogP) is 7.10. The van der Waals surface area contributed by atoms with Gasteiger partial charge in [-0.2, -0.15) is 0 Å². The molecule has 3 N–H and O–H groups in total. The van der Waals surface area contributed by atoms with Crippen LogP contribution in [0, 0.1) is 5.92 Å². The van der Waals surface area contributed by atoms with Gasteiger partial charge in [-0.3, -0.25) is 4.79 Å². The van der Waals surface area contributed by atoms with Gasteiger partial charge in [-0.15, -0.1) is 0 Å². The number of carbonyl (C=O) groups is 2. The lowest BCUT2D eigenvalue weighted by atomic mass is 9.89. The molecule has 0 unspecified atom stereocenters. The molecule has 4 aromatic rings. The molecule has 5 rings (SSSR count). The van der Waals surface area contributed by atoms with Gasteiger partial charge in [0.2, 0.25) is 0 Å². The van der Waals surface area contributed by atoms with Gasteiger partial charge < -0.3 is 25.6 Å². The van der Waals surface area contributed by atoms with E-state index in [2.05, 4.69) is 51.2 Å². The lowest BCUT2D eigenvalue weighted by Gasteiger charge is -2.35. The van der Waals surface area contributed by atoms with E-state index >= 15 is 0 Å². The van der Waals surface area contributed by atoms with Crippen molar-refractivity contribution in [1.82, 2.24) is 5.32 Å². The van der Waals surface area contributed by atoms with E-state index in [4.69, 9.17) is 4.74 Å². The number of piperidine rings is 1. The molecule has 0 saturated carbocycles. The van der Waals surface area contributed by atoms with Gasteiger partial charge in [-0.25, -0.2) is 4.79 Å². The van der Waals surface area contributed by atoms with Crippen LogP contribution in [0.1, 0.15) is 42.1 Å². The molecule has 218 valence electrons. The highest BCUT2D eigenvalue weighted by Gasteiger charge is 2.24. The maximum absolute atomic E-state index is 13.4. The van der Waals surface area contributed by atoms with Crippen molar-refractivity contribution in [3.8, 4) is 0 Å². The number of urea groups is 1. The van der Waals surface area contributed by atoms with Crippen LogP contribution in [0.2, 0.25) is 0 Å². The summed E-state index contributed by atoms with van der Waals surface area (Å²) < 4.78 is 5.42. The highest BCUT2D eigenvalue weighted by molar-refractivity contribution is 6.07. The molecular weight excluding hydrogens is 524 g/mol. The Morgan fingerprint density at radius 1 is 0.881 bits per heavy atom. The van der Waals surface area contributed by atoms with Crippen molar-refractivity contribution in [1.29, 1.82) is 0 Å². The molecular formula is C35H40N4O3. The topological polar surface area (TPSA) is 82.7 Å². The van der Waals surface area contributed by atoms with Crippen LogP contribution in [-0.2, 0) is 11.2 Å². The van der Waals surface area contributed by atoms with Gasteiger partial charge >= 0.3 is 6.03 Å². The normalized spacial score (nSPS) is 13.6. The van der Waals surface area contributed by atoms with Crippen LogP contribution in [0.3, 0.4) is 0 Å². The largest absolute Gasteiger partial charge is 0.382 e. The second-order valence-corrected chi connectivity index (χ2v) is 10.8. The molecule has 0 radical (unpaired) electrons. The fraction of sp³-hybridized carbons (Fsp3) is 0.314. The Balaban J connectivity index is 1.28. The highest BCUT2D eigenvalue weighted by atomic mass is 16.5. The predicted molar refractivity (Wildman–Crippen MR) is 172 cm³/mol. The smallest absolute Gasteiger partial charge is 0.323 e. The van der Waals surface area contributed by atoms with Gasteiger partial charge in [0.25, 0.3) is 5.91 Å². The van der Waals surface area contributed by atoms with Gasteiger partial charge in [-0.1, -0.05) is 66.7 Å². The minimum absolute atomic E-state index is 0.147. The second-order valence-electron chi connectivity index (χ2n) is 10.8. The summed E-state index contributed by atoms with van der Waals surface area (Å²) >= 11 is 0. The zero-order valence-corrected chi connectivity index (χ0v) is 24.3. The van der Waals surface area contributed by atoms with Gasteiger partial charge in [-0.05, 0) is 73.7 Å². The van der Waals surface area contributed by atoms with Crippen LogP contribution in [0.4, 0.5) is 21.9 Å². The van der Waals surface area contributed by atoms with E-state index in [1.807, 2.05) is 61.5 Å². The third-order valence-corrected chi connectivity index (χ3v) is 7.81. The Hall–Kier alpha value is -4.36. The van der Waals surface area contributed by atoms with Gasteiger partial charge in [0.05, 0.1) is 11.3 Å². The summed E-state index contributed by atoms with van der Waals surface area (Å²) in [5.74, 6) is 0.476. The molecule has 4 aromatic carbocycles. The Morgan fingerprint density at radius 2 is 1.64 bits per heavy atom. The summed E-state index contributed by atoms with van der Waals surface area (Å²) in [4.78, 5) is 28.7. The zero-order valence-electron chi connectivity index (χ0n) is 24.3. The van der Waals surface area contributed by atoms with Gasteiger partial charge in [0.15, 0.2) is 0 Å². The molecule has 0 bridgehead atoms. The third-order valence-electron chi connectivity index (χ3n) is 7.81. The highest BCUT2D eigenvalue weighted by Crippen LogP contribution is 2.30. The van der Waals surface area contributed by atoms with E-state index in [0.29, 0.717) is 36.9 Å². The van der Waals surface area contributed by atoms with Crippen molar-refractivity contribution in [2.45, 2.75) is 32.6 Å². The molecule has 1 saturated heterocycles. The van der Waals surface area contributed by atoms with Crippen molar-refractivity contribution in [2.24, 2.45) is 5.92 Å². The minimum atomic E-state index is -0.357. The lowest BCUT2D eigenvalue weighted by Crippen LogP contribution is -2.36. The molecule has 1 aliphatic rings. The second kappa shape index (κ2) is 14.5. The lowest BCUT2D eigenvalue weighted by molar-refractivity contribution is 0.0944. The summed E-state index contributed by atoms with van der Waals surface area (Å²) in [7, 11) is 0. The first kappa shape index (κ1) is 29.1. The van der Waals surface area contributed by atoms with E-state index in [0.717, 1.165) is 60.9 Å². The van der Waals surface area contributed by atoms with Crippen LogP contribution in [0.15, 0.2) is 91.0 Å². The Bertz CT molecular complexity index is 1480. The van der Waals surface area contributed by atoms with Crippen LogP contribution < -0.4 is 20.9 Å². The Kier molecular flexibility index (Phi) is 10.1. The van der Waals surface area contributed by atoms with Crippen molar-refractivity contribution < 1.29 is 14.3 Å². The van der Waals surface area contributed by atoms with Crippen molar-refractivity contribution in [3.05, 3.63) is 102 Å². The number of carbonyl (C=O) groups excluding carboxylic acids is 2. The van der Waals surface area contributed by atoms with Crippen LogP contribution in [0.5, 0.6) is 0 Å². The molecule has 0 aromatic heterocycles. The first-order valence-corrected chi connectivity index (χ1v) is 15.0. The number of hydrogen-bond donors (Lipinski definition) is 3. The first-order valence-electron chi connectivity index (χ1n) is 15.0. The van der Waals surface area contributed by atoms with Gasteiger partial charge in [0, 0.05) is 49.6 Å². The average Bonchev–Trinajstić information content (AvgIpc) is 3.02. The summed E-state index contributed by atoms with van der Waals surface area (Å²) in [6.45, 7) is 5.52. The average molecular weight is 565 g/mol. The molecule has 1 heterocycles. The first-order chi connectivity index (χ1) is 20.6. The van der Waals surface area contributed by atoms with Crippen LogP contribution >= 0.6 is 0 Å². The fourth-order valence-electron chi connectivity index (χ4n) is 5.63. The number of rotatable bonds is 11. The fourth-order valence-corrected chi connectivity index (χ4v) is 5.63. The van der Waals surface area contributed by atoms with Gasteiger partial charge in [0.1, 0.15) is 0 Å². The standard InChI is InChI=1S/C35H40N4O3/c1-2-42-23-9-20-36-34(40)31-25-29(37-35(41)38-32-15-8-13-28-12-6-7-14-30(28)32)16-17-33(31)39-21-18-27(19-22-39)24-26-10-4-3-5-11-26/h3-8,10-17,25,27H,2,9,18-24H2,1H3,(H,36,40)(H2,37,38,41). The van der Waals surface area contributed by atoms with E-state index in [-0.39, 0.29) is 11.9 Å². The van der Waals surface area contributed by atoms with Crippen molar-refractivity contribution in [3.63, 3.8) is 0 Å². The molecule has 42 heavy (non-hydrogen) atoms. The SMILES string of the molecule is CCOCCCNC(=O)c1cc(NC(=O)Nc2cccc3ccccc23)ccc1N1CCC(Cc2ccccc2)CC1. The number of nitrogens with one attached hydrogen (secondary N) is 3. The number of nitrogens with zero attached hydrogens (tertiary/aromatic N) is 1. The third kappa shape index (κ3) is 7.68. The van der Waals surface area contributed by atoms with Crippen molar-refractivity contribution >= 4 is 39.8 Å². The van der Waals surface area contributed by atoms with E-state index < -0.39 is 0 Å². The maximum Gasteiger partial charge on any atom is 0.323 e. The molecule has 7 heteroatoms. The number of hydrogen-bond acceptors (Lipinski definition) is 4. The van der Waals surface area contributed by atoms with Crippen molar-refractivity contribution in [2.75, 3.05) is 48.4 Å². The summed E-state index contributed by atoms with van der Waals surface area (Å²) in [5.41, 5.74) is 4.13. The van der Waals surface area contributed by atoms with Crippen LogP contribution in [0.25, 0.3) is 10.8 Å². The zero-order chi connectivity index (χ0) is 29.1. The molecule has 0 atom stereocenters. The molecule has 1 aliphatic heterocycles. The van der Waals surface area contributed by atoms with Crippen LogP contribution in [-0.4, -0.2) is 44.8 Å². The summed E-state index contributed by atoms with van der Waals surface area (Å²) in [6.07, 6.45) is 3.96. The summed E-state index contributed by atoms with van der Waals surface area (Å²) in [6, 6.07) is 29.7. The monoisotopic (exact) mass is 564 g/mol. The quantitative estimate of drug-likeness (QED) is 0.170. The molecule has 3 amide bonds. The minimum Gasteiger partial charge on any atom is -0.382 e.